The van der Waals surface area contributed by atoms with Crippen molar-refractivity contribution in [2.45, 2.75) is 47.0 Å². The minimum atomic E-state index is -3.06. The van der Waals surface area contributed by atoms with E-state index in [0.717, 1.165) is 32.4 Å². The second kappa shape index (κ2) is 9.75. The fourth-order valence-electron chi connectivity index (χ4n) is 1.76. The van der Waals surface area contributed by atoms with Gasteiger partial charge in [-0.15, -0.1) is 0 Å². The molecule has 0 aromatic rings. The molecule has 0 aliphatic carbocycles. The molecule has 0 saturated heterocycles. The van der Waals surface area contributed by atoms with Gasteiger partial charge in [0.25, 0.3) is 0 Å². The van der Waals surface area contributed by atoms with Gasteiger partial charge in [0.05, 0.1) is 5.75 Å². The molecule has 18 heavy (non-hydrogen) atoms. The molecule has 0 aliphatic heterocycles. The van der Waals surface area contributed by atoms with Crippen molar-refractivity contribution in [2.75, 3.05) is 31.9 Å². The van der Waals surface area contributed by atoms with Crippen molar-refractivity contribution in [2.24, 2.45) is 5.92 Å². The van der Waals surface area contributed by atoms with Gasteiger partial charge in [-0.05, 0) is 31.8 Å². The van der Waals surface area contributed by atoms with E-state index in [1.165, 1.54) is 0 Å². The van der Waals surface area contributed by atoms with Crippen molar-refractivity contribution >= 4 is 10.0 Å². The third kappa shape index (κ3) is 7.34. The number of nitrogens with one attached hydrogen (secondary N) is 1. The van der Waals surface area contributed by atoms with E-state index in [2.05, 4.69) is 26.1 Å². The molecule has 0 aromatic heterocycles. The van der Waals surface area contributed by atoms with Gasteiger partial charge in [0.1, 0.15) is 0 Å². The Morgan fingerprint density at radius 1 is 1.17 bits per heavy atom. The zero-order valence-corrected chi connectivity index (χ0v) is 13.2. The van der Waals surface area contributed by atoms with Crippen LogP contribution in [0.15, 0.2) is 0 Å². The molecule has 0 radical (unpaired) electrons. The molecular weight excluding hydrogens is 248 g/mol. The molecule has 0 amide bonds. The Balaban J connectivity index is 4.14. The highest BCUT2D eigenvalue weighted by atomic mass is 32.2. The fraction of sp³-hybridized carbons (Fsp3) is 1.00. The first kappa shape index (κ1) is 17.9. The van der Waals surface area contributed by atoms with Crippen molar-refractivity contribution in [1.29, 1.82) is 0 Å². The molecule has 0 rings (SSSR count). The summed E-state index contributed by atoms with van der Waals surface area (Å²) >= 11 is 0. The first-order valence-corrected chi connectivity index (χ1v) is 8.77. The third-order valence-corrected chi connectivity index (χ3v) is 5.21. The second-order valence-electron chi connectivity index (χ2n) is 4.84. The first-order valence-electron chi connectivity index (χ1n) is 7.16. The largest absolute Gasteiger partial charge is 0.317 e. The summed E-state index contributed by atoms with van der Waals surface area (Å²) in [6.07, 6.45) is 2.69. The molecular formula is C13H30N2O2S. The van der Waals surface area contributed by atoms with E-state index < -0.39 is 10.0 Å². The monoisotopic (exact) mass is 278 g/mol. The molecule has 0 spiro atoms. The van der Waals surface area contributed by atoms with Crippen LogP contribution in [0, 0.1) is 5.92 Å². The number of hydrogen-bond donors (Lipinski definition) is 1. The van der Waals surface area contributed by atoms with Crippen LogP contribution in [0.1, 0.15) is 47.0 Å². The molecule has 0 aliphatic rings. The third-order valence-electron chi connectivity index (χ3n) is 3.21. The Morgan fingerprint density at radius 2 is 1.83 bits per heavy atom. The lowest BCUT2D eigenvalue weighted by Gasteiger charge is -2.23. The van der Waals surface area contributed by atoms with Gasteiger partial charge in [0.15, 0.2) is 0 Å². The van der Waals surface area contributed by atoms with E-state index in [-0.39, 0.29) is 5.75 Å². The predicted octanol–water partition coefficient (Wildman–Crippen LogP) is 2.07. The van der Waals surface area contributed by atoms with Gasteiger partial charge in [-0.1, -0.05) is 34.1 Å². The summed E-state index contributed by atoms with van der Waals surface area (Å²) in [4.78, 5) is 0. The van der Waals surface area contributed by atoms with Gasteiger partial charge < -0.3 is 5.32 Å². The molecule has 4 nitrogen and oxygen atoms in total. The van der Waals surface area contributed by atoms with E-state index >= 15 is 0 Å². The Kier molecular flexibility index (Phi) is 9.68. The van der Waals surface area contributed by atoms with Crippen molar-refractivity contribution < 1.29 is 8.42 Å². The smallest absolute Gasteiger partial charge is 0.214 e. The van der Waals surface area contributed by atoms with E-state index in [4.69, 9.17) is 0 Å². The summed E-state index contributed by atoms with van der Waals surface area (Å²) < 4.78 is 25.9. The average Bonchev–Trinajstić information content (AvgIpc) is 2.34. The molecule has 1 unspecified atom stereocenters. The first-order chi connectivity index (χ1) is 8.47. The highest BCUT2D eigenvalue weighted by Gasteiger charge is 2.21. The lowest BCUT2D eigenvalue weighted by atomic mass is 10.1. The van der Waals surface area contributed by atoms with Gasteiger partial charge >= 0.3 is 0 Å². The maximum atomic E-state index is 12.2. The molecule has 0 aromatic carbocycles. The fourth-order valence-corrected chi connectivity index (χ4v) is 3.46. The molecule has 0 bridgehead atoms. The maximum absolute atomic E-state index is 12.2. The number of nitrogens with zero attached hydrogens (tertiary/aromatic N) is 1. The molecule has 5 heteroatoms. The summed E-state index contributed by atoms with van der Waals surface area (Å²) in [5, 5.41) is 3.21. The van der Waals surface area contributed by atoms with E-state index in [9.17, 15) is 8.42 Å². The Labute approximate surface area is 113 Å². The zero-order valence-electron chi connectivity index (χ0n) is 12.4. The predicted molar refractivity (Wildman–Crippen MR) is 78.3 cm³/mol. The van der Waals surface area contributed by atoms with Crippen molar-refractivity contribution in [3.63, 3.8) is 0 Å². The minimum absolute atomic E-state index is 0.280. The number of unbranched alkanes of at least 4 members (excludes halogenated alkanes) is 1. The molecule has 0 saturated carbocycles. The van der Waals surface area contributed by atoms with Gasteiger partial charge in [-0.25, -0.2) is 12.7 Å². The van der Waals surface area contributed by atoms with E-state index in [1.54, 1.807) is 4.31 Å². The summed E-state index contributed by atoms with van der Waals surface area (Å²) in [5.41, 5.74) is 0. The average molecular weight is 278 g/mol. The van der Waals surface area contributed by atoms with Crippen LogP contribution in [-0.4, -0.2) is 44.7 Å². The molecule has 0 heterocycles. The van der Waals surface area contributed by atoms with E-state index in [0.29, 0.717) is 19.0 Å². The van der Waals surface area contributed by atoms with Crippen molar-refractivity contribution in [3.8, 4) is 0 Å². The number of hydrogen-bond acceptors (Lipinski definition) is 3. The van der Waals surface area contributed by atoms with Crippen LogP contribution in [0.25, 0.3) is 0 Å². The van der Waals surface area contributed by atoms with Gasteiger partial charge in [-0.2, -0.15) is 0 Å². The molecule has 110 valence electrons. The van der Waals surface area contributed by atoms with E-state index in [1.807, 2.05) is 6.92 Å². The molecule has 1 N–H and O–H groups in total. The number of rotatable bonds is 11. The quantitative estimate of drug-likeness (QED) is 0.589. The second-order valence-corrected chi connectivity index (χ2v) is 6.93. The lowest BCUT2D eigenvalue weighted by Crippen LogP contribution is -2.36. The van der Waals surface area contributed by atoms with Gasteiger partial charge in [0, 0.05) is 13.1 Å². The SMILES string of the molecule is CCNCCCCS(=O)(=O)N(CC)CC(C)CC. The maximum Gasteiger partial charge on any atom is 0.214 e. The summed E-state index contributed by atoms with van der Waals surface area (Å²) in [6, 6.07) is 0. The standard InChI is InChI=1S/C13H30N2O2S/c1-5-13(4)12-15(7-3)18(16,17)11-9-8-10-14-6-2/h13-14H,5-12H2,1-4H3. The summed E-state index contributed by atoms with van der Waals surface area (Å²) in [7, 11) is -3.06. The minimum Gasteiger partial charge on any atom is -0.317 e. The van der Waals surface area contributed by atoms with Crippen LogP contribution >= 0.6 is 0 Å². The molecule has 1 atom stereocenters. The number of sulfonamides is 1. The highest BCUT2D eigenvalue weighted by Crippen LogP contribution is 2.10. The van der Waals surface area contributed by atoms with Crippen LogP contribution in [0.3, 0.4) is 0 Å². The highest BCUT2D eigenvalue weighted by molar-refractivity contribution is 7.89. The normalized spacial score (nSPS) is 14.1. The van der Waals surface area contributed by atoms with Crippen LogP contribution < -0.4 is 5.32 Å². The molecule has 0 fully saturated rings. The van der Waals surface area contributed by atoms with Crippen LogP contribution in [-0.2, 0) is 10.0 Å². The van der Waals surface area contributed by atoms with Crippen LogP contribution in [0.2, 0.25) is 0 Å². The van der Waals surface area contributed by atoms with Gasteiger partial charge in [0.2, 0.25) is 10.0 Å². The van der Waals surface area contributed by atoms with Crippen LogP contribution in [0.5, 0.6) is 0 Å². The van der Waals surface area contributed by atoms with Gasteiger partial charge in [-0.3, -0.25) is 0 Å². The van der Waals surface area contributed by atoms with Crippen molar-refractivity contribution in [1.82, 2.24) is 9.62 Å². The topological polar surface area (TPSA) is 49.4 Å². The Hall–Kier alpha value is -0.130. The van der Waals surface area contributed by atoms with Crippen LogP contribution in [0.4, 0.5) is 0 Å². The summed E-state index contributed by atoms with van der Waals surface area (Å²) in [6.45, 7) is 11.3. The lowest BCUT2D eigenvalue weighted by molar-refractivity contribution is 0.361. The Bertz CT molecular complexity index is 291. The Morgan fingerprint density at radius 3 is 2.33 bits per heavy atom. The zero-order chi connectivity index (χ0) is 14.0. The summed E-state index contributed by atoms with van der Waals surface area (Å²) in [5.74, 6) is 0.712. The van der Waals surface area contributed by atoms with Crippen molar-refractivity contribution in [3.05, 3.63) is 0 Å².